The molecule has 246 valence electrons. The van der Waals surface area contributed by atoms with Crippen LogP contribution >= 0.6 is 23.2 Å². The molecule has 14 heteroatoms. The number of hydrogen-bond acceptors (Lipinski definition) is 8. The van der Waals surface area contributed by atoms with Crippen LogP contribution in [0, 0.1) is 23.6 Å². The number of allylic oxidation sites excluding steroid dienone is 2. The standard InChI is InChI=1S/C34H28BCl2FN2O8/c36-33-17-25-22(12-13-24-27(25)30(43)39(29(24)42)21-5-3-4-18(16-21)35(46)47)28(23-6-1-2-7-26(23)48-15-14-41)34(33,37)32(45)40(31(33)44)20-10-8-19(38)9-11-20/h1-12,16,24-25,27-28,41,46-47H,13-15,17H2. The van der Waals surface area contributed by atoms with Gasteiger partial charge in [0.15, 0.2) is 9.75 Å². The number of para-hydroxylation sites is 1. The third-order valence-corrected chi connectivity index (χ3v) is 11.3. The Morgan fingerprint density at radius 1 is 0.875 bits per heavy atom. The molecule has 2 aliphatic carbocycles. The number of rotatable bonds is 7. The molecule has 48 heavy (non-hydrogen) atoms. The molecule has 10 nitrogen and oxygen atoms in total. The van der Waals surface area contributed by atoms with Gasteiger partial charge in [0, 0.05) is 11.5 Å². The second-order valence-corrected chi connectivity index (χ2v) is 13.6. The molecule has 0 aromatic heterocycles. The number of amides is 4. The van der Waals surface area contributed by atoms with Gasteiger partial charge in [0.1, 0.15) is 18.2 Å². The molecular weight excluding hydrogens is 665 g/mol. The van der Waals surface area contributed by atoms with Crippen molar-refractivity contribution in [2.24, 2.45) is 17.8 Å². The lowest BCUT2D eigenvalue weighted by Crippen LogP contribution is -2.60. The van der Waals surface area contributed by atoms with Gasteiger partial charge in [-0.15, -0.1) is 23.2 Å². The van der Waals surface area contributed by atoms with E-state index in [0.29, 0.717) is 11.1 Å². The van der Waals surface area contributed by atoms with Gasteiger partial charge in [0.2, 0.25) is 11.8 Å². The van der Waals surface area contributed by atoms with Crippen molar-refractivity contribution >= 4 is 70.8 Å². The third kappa shape index (κ3) is 4.57. The van der Waals surface area contributed by atoms with Crippen LogP contribution in [-0.4, -0.2) is 68.9 Å². The molecule has 4 aliphatic rings. The Hall–Kier alpha value is -4.07. The lowest BCUT2D eigenvalue weighted by molar-refractivity contribution is -0.125. The summed E-state index contributed by atoms with van der Waals surface area (Å²) in [5.74, 6) is -6.85. The van der Waals surface area contributed by atoms with E-state index in [1.807, 2.05) is 0 Å². The Kier molecular flexibility index (Phi) is 8.00. The van der Waals surface area contributed by atoms with Gasteiger partial charge < -0.3 is 19.9 Å². The third-order valence-electron chi connectivity index (χ3n) is 9.90. The molecule has 6 atom stereocenters. The van der Waals surface area contributed by atoms with Crippen molar-refractivity contribution in [2.75, 3.05) is 23.0 Å². The highest BCUT2D eigenvalue weighted by atomic mass is 35.5. The predicted octanol–water partition coefficient (Wildman–Crippen LogP) is 2.64. The van der Waals surface area contributed by atoms with Crippen LogP contribution in [0.4, 0.5) is 15.8 Å². The van der Waals surface area contributed by atoms with Gasteiger partial charge in [-0.3, -0.25) is 24.1 Å². The van der Waals surface area contributed by atoms with Gasteiger partial charge in [0.05, 0.1) is 29.8 Å². The SMILES string of the molecule is O=C1C2CC=C3C(CC4(Cl)C(=O)N(c5ccc(F)cc5)C(=O)C4(Cl)C3c3ccccc3OCCO)C2C(=O)N1c1cccc(B(O)O)c1. The first-order valence-corrected chi connectivity index (χ1v) is 16.1. The summed E-state index contributed by atoms with van der Waals surface area (Å²) < 4.78 is 19.7. The first-order valence-electron chi connectivity index (χ1n) is 15.3. The largest absolute Gasteiger partial charge is 0.491 e. The van der Waals surface area contributed by atoms with Crippen molar-refractivity contribution in [2.45, 2.75) is 28.5 Å². The van der Waals surface area contributed by atoms with Crippen LogP contribution in [-0.2, 0) is 19.2 Å². The van der Waals surface area contributed by atoms with Gasteiger partial charge in [-0.2, -0.15) is 0 Å². The van der Waals surface area contributed by atoms with Gasteiger partial charge in [0.25, 0.3) is 11.8 Å². The average Bonchev–Trinajstić information content (AvgIpc) is 3.42. The van der Waals surface area contributed by atoms with Crippen molar-refractivity contribution in [3.63, 3.8) is 0 Å². The Balaban J connectivity index is 1.39. The Labute approximate surface area is 284 Å². The zero-order chi connectivity index (χ0) is 34.1. The summed E-state index contributed by atoms with van der Waals surface area (Å²) >= 11 is 14.8. The van der Waals surface area contributed by atoms with Crippen LogP contribution in [0.25, 0.3) is 0 Å². The molecule has 2 aliphatic heterocycles. The number of ether oxygens (including phenoxy) is 1. The van der Waals surface area contributed by atoms with Crippen molar-refractivity contribution in [3.05, 3.63) is 95.8 Å². The van der Waals surface area contributed by atoms with E-state index < -0.39 is 70.0 Å². The number of benzene rings is 3. The van der Waals surface area contributed by atoms with Crippen LogP contribution in [0.2, 0.25) is 0 Å². The average molecular weight is 693 g/mol. The Morgan fingerprint density at radius 2 is 1.60 bits per heavy atom. The number of hydrogen-bond donors (Lipinski definition) is 3. The van der Waals surface area contributed by atoms with E-state index in [-0.39, 0.29) is 48.6 Å². The van der Waals surface area contributed by atoms with Crippen LogP contribution in [0.5, 0.6) is 5.75 Å². The number of imide groups is 2. The quantitative estimate of drug-likeness (QED) is 0.148. The number of anilines is 2. The molecule has 3 N–H and O–H groups in total. The minimum atomic E-state index is -2.15. The summed E-state index contributed by atoms with van der Waals surface area (Å²) in [4.78, 5) is 54.7. The normalized spacial score (nSPS) is 29.4. The molecule has 3 fully saturated rings. The molecule has 4 amide bonds. The van der Waals surface area contributed by atoms with Crippen LogP contribution < -0.4 is 20.0 Å². The molecule has 2 heterocycles. The fourth-order valence-electron chi connectivity index (χ4n) is 7.83. The smallest absolute Gasteiger partial charge is 0.488 e. The Bertz CT molecular complexity index is 1890. The highest BCUT2D eigenvalue weighted by Gasteiger charge is 2.77. The van der Waals surface area contributed by atoms with Crippen LogP contribution in [0.3, 0.4) is 0 Å². The zero-order valence-electron chi connectivity index (χ0n) is 25.1. The molecule has 6 unspecified atom stereocenters. The molecule has 0 bridgehead atoms. The molecule has 3 aromatic carbocycles. The number of nitrogens with zero attached hydrogens (tertiary/aromatic N) is 2. The van der Waals surface area contributed by atoms with E-state index in [1.54, 1.807) is 30.3 Å². The maximum Gasteiger partial charge on any atom is 0.488 e. The number of carbonyl (C=O) groups excluding carboxylic acids is 4. The fourth-order valence-corrected chi connectivity index (χ4v) is 8.76. The van der Waals surface area contributed by atoms with Crippen molar-refractivity contribution in [1.29, 1.82) is 0 Å². The number of alkyl halides is 2. The second kappa shape index (κ2) is 11.8. The summed E-state index contributed by atoms with van der Waals surface area (Å²) in [7, 11) is -1.83. The molecule has 2 saturated heterocycles. The van der Waals surface area contributed by atoms with E-state index in [1.165, 1.54) is 36.4 Å². The lowest BCUT2D eigenvalue weighted by atomic mass is 9.56. The van der Waals surface area contributed by atoms with E-state index in [4.69, 9.17) is 27.9 Å². The number of fused-ring (bicyclic) bond motifs is 4. The van der Waals surface area contributed by atoms with Gasteiger partial charge in [-0.25, -0.2) is 9.29 Å². The maximum atomic E-state index is 14.5. The van der Waals surface area contributed by atoms with Gasteiger partial charge >= 0.3 is 7.12 Å². The van der Waals surface area contributed by atoms with Crippen LogP contribution in [0.15, 0.2) is 84.4 Å². The number of halogens is 3. The lowest BCUT2D eigenvalue weighted by Gasteiger charge is -2.50. The predicted molar refractivity (Wildman–Crippen MR) is 174 cm³/mol. The summed E-state index contributed by atoms with van der Waals surface area (Å²) in [6, 6.07) is 17.2. The summed E-state index contributed by atoms with van der Waals surface area (Å²) in [6.07, 6.45) is 1.62. The maximum absolute atomic E-state index is 14.5. The number of aliphatic hydroxyl groups excluding tert-OH is 1. The number of carbonyl (C=O) groups is 4. The van der Waals surface area contributed by atoms with Crippen molar-refractivity contribution < 1.29 is 43.5 Å². The van der Waals surface area contributed by atoms with E-state index >= 15 is 0 Å². The van der Waals surface area contributed by atoms with Gasteiger partial charge in [-0.05, 0) is 66.7 Å². The minimum Gasteiger partial charge on any atom is -0.491 e. The molecular formula is C34H28BCl2FN2O8. The van der Waals surface area contributed by atoms with Crippen molar-refractivity contribution in [3.8, 4) is 5.75 Å². The molecule has 1 saturated carbocycles. The Morgan fingerprint density at radius 3 is 2.31 bits per heavy atom. The van der Waals surface area contributed by atoms with E-state index in [9.17, 15) is 38.7 Å². The first kappa shape index (κ1) is 32.5. The summed E-state index contributed by atoms with van der Waals surface area (Å²) in [5.41, 5.74) is 1.22. The fraction of sp³-hybridized carbons (Fsp3) is 0.294. The molecule has 0 spiro atoms. The molecule has 0 radical (unpaired) electrons. The summed E-state index contributed by atoms with van der Waals surface area (Å²) in [5, 5.41) is 29.0. The van der Waals surface area contributed by atoms with E-state index in [2.05, 4.69) is 0 Å². The zero-order valence-corrected chi connectivity index (χ0v) is 26.6. The topological polar surface area (TPSA) is 145 Å². The summed E-state index contributed by atoms with van der Waals surface area (Å²) in [6.45, 7) is -0.396. The number of aliphatic hydroxyl groups is 1. The minimum absolute atomic E-state index is 0.0588. The monoisotopic (exact) mass is 692 g/mol. The van der Waals surface area contributed by atoms with E-state index in [0.717, 1.165) is 21.9 Å². The first-order chi connectivity index (χ1) is 22.9. The van der Waals surface area contributed by atoms with Crippen LogP contribution in [0.1, 0.15) is 24.3 Å². The van der Waals surface area contributed by atoms with Gasteiger partial charge in [-0.1, -0.05) is 42.0 Å². The highest BCUT2D eigenvalue weighted by Crippen LogP contribution is 2.66. The molecule has 3 aromatic rings. The molecule has 7 rings (SSSR count). The van der Waals surface area contributed by atoms with Crippen molar-refractivity contribution in [1.82, 2.24) is 0 Å². The highest BCUT2D eigenvalue weighted by molar-refractivity contribution is 6.59. The second-order valence-electron chi connectivity index (χ2n) is 12.3.